The van der Waals surface area contributed by atoms with Crippen molar-refractivity contribution < 1.29 is 9.59 Å². The summed E-state index contributed by atoms with van der Waals surface area (Å²) in [5, 5.41) is 5.15. The van der Waals surface area contributed by atoms with Gasteiger partial charge in [-0.05, 0) is 79.6 Å². The highest BCUT2D eigenvalue weighted by Crippen LogP contribution is 2.37. The van der Waals surface area contributed by atoms with Crippen molar-refractivity contribution in [1.29, 1.82) is 0 Å². The highest BCUT2D eigenvalue weighted by Gasteiger charge is 2.41. The predicted molar refractivity (Wildman–Crippen MR) is 119 cm³/mol. The summed E-state index contributed by atoms with van der Waals surface area (Å²) in [5.41, 5.74) is 6.35. The van der Waals surface area contributed by atoms with Crippen LogP contribution >= 0.6 is 11.3 Å². The predicted octanol–water partition coefficient (Wildman–Crippen LogP) is 5.38. The molecule has 2 amide bonds. The molecule has 1 aliphatic heterocycles. The number of carbonyl (C=O) groups is 2. The molecule has 1 aliphatic rings. The second-order valence-electron chi connectivity index (χ2n) is 7.39. The average Bonchev–Trinajstić information content (AvgIpc) is 3.28. The van der Waals surface area contributed by atoms with Crippen LogP contribution in [0.2, 0.25) is 0 Å². The Hall–Kier alpha value is -3.18. The van der Waals surface area contributed by atoms with Crippen molar-refractivity contribution in [3.8, 4) is 0 Å². The van der Waals surface area contributed by atoms with E-state index in [1.165, 1.54) is 21.8 Å². The molecule has 5 heteroatoms. The normalized spacial score (nSPS) is 14.1. The standard InChI is InChI=1S/C24H22N2O2S/c1-14-7-8-16(3)19(12-14)26-23(27)21(20-6-5-11-29-20)22(24(26)28)25-18-10-9-15(2)17(4)13-18/h5-13,25H,1-4H3. The molecule has 4 nitrogen and oxygen atoms in total. The van der Waals surface area contributed by atoms with Crippen LogP contribution in [0.25, 0.3) is 5.57 Å². The van der Waals surface area contributed by atoms with Crippen LogP contribution in [-0.4, -0.2) is 11.8 Å². The molecule has 0 saturated carbocycles. The first-order valence-electron chi connectivity index (χ1n) is 9.45. The van der Waals surface area contributed by atoms with Crippen LogP contribution in [0, 0.1) is 27.7 Å². The average molecular weight is 403 g/mol. The maximum Gasteiger partial charge on any atom is 0.282 e. The molecule has 2 heterocycles. The van der Waals surface area contributed by atoms with Gasteiger partial charge in [-0.1, -0.05) is 24.3 Å². The molecule has 3 aromatic rings. The quantitative estimate of drug-likeness (QED) is 0.596. The summed E-state index contributed by atoms with van der Waals surface area (Å²) in [4.78, 5) is 28.9. The Morgan fingerprint density at radius 3 is 2.28 bits per heavy atom. The van der Waals surface area contributed by atoms with Gasteiger partial charge in [0.15, 0.2) is 0 Å². The van der Waals surface area contributed by atoms with Gasteiger partial charge in [0.2, 0.25) is 0 Å². The zero-order valence-corrected chi connectivity index (χ0v) is 17.7. The van der Waals surface area contributed by atoms with Crippen LogP contribution < -0.4 is 10.2 Å². The largest absolute Gasteiger partial charge is 0.350 e. The summed E-state index contributed by atoms with van der Waals surface area (Å²) >= 11 is 1.45. The van der Waals surface area contributed by atoms with E-state index in [0.717, 1.165) is 27.3 Å². The Labute approximate surface area is 174 Å². The molecule has 146 valence electrons. The van der Waals surface area contributed by atoms with Gasteiger partial charge < -0.3 is 5.32 Å². The molecule has 0 saturated heterocycles. The zero-order chi connectivity index (χ0) is 20.7. The first kappa shape index (κ1) is 19.2. The zero-order valence-electron chi connectivity index (χ0n) is 16.9. The van der Waals surface area contributed by atoms with Gasteiger partial charge in [-0.15, -0.1) is 11.3 Å². The van der Waals surface area contributed by atoms with E-state index in [1.807, 2.05) is 81.6 Å². The van der Waals surface area contributed by atoms with Crippen LogP contribution in [0.4, 0.5) is 11.4 Å². The Balaban J connectivity index is 1.82. The number of rotatable bonds is 4. The van der Waals surface area contributed by atoms with Crippen LogP contribution in [0.1, 0.15) is 27.1 Å². The Bertz CT molecular complexity index is 1160. The molecule has 0 aliphatic carbocycles. The lowest BCUT2D eigenvalue weighted by atomic mass is 10.1. The molecule has 0 spiro atoms. The lowest BCUT2D eigenvalue weighted by Crippen LogP contribution is -2.33. The monoisotopic (exact) mass is 402 g/mol. The summed E-state index contributed by atoms with van der Waals surface area (Å²) in [7, 11) is 0. The van der Waals surface area contributed by atoms with E-state index in [4.69, 9.17) is 0 Å². The summed E-state index contributed by atoms with van der Waals surface area (Å²) in [6, 6.07) is 15.5. The third-order valence-corrected chi connectivity index (χ3v) is 6.12. The van der Waals surface area contributed by atoms with Gasteiger partial charge in [0, 0.05) is 10.6 Å². The number of amides is 2. The van der Waals surface area contributed by atoms with Gasteiger partial charge in [-0.3, -0.25) is 9.59 Å². The Morgan fingerprint density at radius 2 is 1.59 bits per heavy atom. The van der Waals surface area contributed by atoms with Crippen LogP contribution in [0.15, 0.2) is 59.6 Å². The van der Waals surface area contributed by atoms with Gasteiger partial charge in [-0.25, -0.2) is 4.90 Å². The molecule has 0 atom stereocenters. The van der Waals surface area contributed by atoms with Crippen LogP contribution in [0.5, 0.6) is 0 Å². The summed E-state index contributed by atoms with van der Waals surface area (Å²) in [5.74, 6) is -0.622. The molecular formula is C24H22N2O2S. The second-order valence-corrected chi connectivity index (χ2v) is 8.33. The van der Waals surface area contributed by atoms with Crippen molar-refractivity contribution in [2.45, 2.75) is 27.7 Å². The van der Waals surface area contributed by atoms with Crippen molar-refractivity contribution in [3.05, 3.63) is 86.7 Å². The number of nitrogens with one attached hydrogen (secondary N) is 1. The van der Waals surface area contributed by atoms with Crippen molar-refractivity contribution in [2.75, 3.05) is 10.2 Å². The number of carbonyl (C=O) groups excluding carboxylic acids is 2. The van der Waals surface area contributed by atoms with Crippen molar-refractivity contribution in [2.24, 2.45) is 0 Å². The number of anilines is 2. The van der Waals surface area contributed by atoms with E-state index in [1.54, 1.807) is 0 Å². The van der Waals surface area contributed by atoms with Crippen LogP contribution in [0.3, 0.4) is 0 Å². The van der Waals surface area contributed by atoms with Gasteiger partial charge in [0.25, 0.3) is 11.8 Å². The fourth-order valence-corrected chi connectivity index (χ4v) is 4.21. The number of benzene rings is 2. The SMILES string of the molecule is Cc1ccc(C)c(N2C(=O)C(Nc3ccc(C)c(C)c3)=C(c3cccs3)C2=O)c1. The molecule has 1 aromatic heterocycles. The van der Waals surface area contributed by atoms with E-state index >= 15 is 0 Å². The Morgan fingerprint density at radius 1 is 0.828 bits per heavy atom. The van der Waals surface area contributed by atoms with E-state index in [9.17, 15) is 9.59 Å². The maximum atomic E-state index is 13.4. The van der Waals surface area contributed by atoms with Gasteiger partial charge in [0.1, 0.15) is 5.70 Å². The van der Waals surface area contributed by atoms with Crippen LogP contribution in [-0.2, 0) is 9.59 Å². The minimum atomic E-state index is -0.328. The number of nitrogens with zero attached hydrogens (tertiary/aromatic N) is 1. The summed E-state index contributed by atoms with van der Waals surface area (Å²) in [6.45, 7) is 7.94. The fraction of sp³-hybridized carbons (Fsp3) is 0.167. The van der Waals surface area contributed by atoms with E-state index in [0.29, 0.717) is 17.0 Å². The number of thiophene rings is 1. The lowest BCUT2D eigenvalue weighted by Gasteiger charge is -2.18. The Kier molecular flexibility index (Phi) is 4.84. The first-order valence-corrected chi connectivity index (χ1v) is 10.3. The highest BCUT2D eigenvalue weighted by atomic mass is 32.1. The number of imide groups is 1. The third-order valence-electron chi connectivity index (χ3n) is 5.23. The smallest absolute Gasteiger partial charge is 0.282 e. The van der Waals surface area contributed by atoms with Gasteiger partial charge in [0.05, 0.1) is 11.3 Å². The first-order chi connectivity index (χ1) is 13.9. The lowest BCUT2D eigenvalue weighted by molar-refractivity contribution is -0.120. The van der Waals surface area contributed by atoms with Crippen molar-refractivity contribution in [1.82, 2.24) is 0 Å². The fourth-order valence-electron chi connectivity index (χ4n) is 3.44. The second kappa shape index (κ2) is 7.33. The molecule has 4 rings (SSSR count). The third kappa shape index (κ3) is 3.38. The van der Waals surface area contributed by atoms with Crippen molar-refractivity contribution >= 4 is 40.1 Å². The maximum absolute atomic E-state index is 13.4. The van der Waals surface area contributed by atoms with Crippen molar-refractivity contribution in [3.63, 3.8) is 0 Å². The molecule has 2 aromatic carbocycles. The van der Waals surface area contributed by atoms with E-state index in [-0.39, 0.29) is 11.8 Å². The molecular weight excluding hydrogens is 380 g/mol. The topological polar surface area (TPSA) is 49.4 Å². The molecule has 0 radical (unpaired) electrons. The number of aryl methyl sites for hydroxylation is 4. The molecule has 1 N–H and O–H groups in total. The highest BCUT2D eigenvalue weighted by molar-refractivity contribution is 7.11. The summed E-state index contributed by atoms with van der Waals surface area (Å²) in [6.07, 6.45) is 0. The van der Waals surface area contributed by atoms with Gasteiger partial charge in [-0.2, -0.15) is 0 Å². The van der Waals surface area contributed by atoms with E-state index < -0.39 is 0 Å². The van der Waals surface area contributed by atoms with E-state index in [2.05, 4.69) is 5.32 Å². The molecule has 0 unspecified atom stereocenters. The summed E-state index contributed by atoms with van der Waals surface area (Å²) < 4.78 is 0. The molecule has 0 fully saturated rings. The number of hydrogen-bond donors (Lipinski definition) is 1. The van der Waals surface area contributed by atoms with Gasteiger partial charge >= 0.3 is 0 Å². The molecule has 29 heavy (non-hydrogen) atoms. The minimum Gasteiger partial charge on any atom is -0.350 e. The number of hydrogen-bond acceptors (Lipinski definition) is 4. The molecule has 0 bridgehead atoms. The minimum absolute atomic E-state index is 0.294.